The first kappa shape index (κ1) is 25.3. The smallest absolute Gasteiger partial charge is 0.329 e. The second kappa shape index (κ2) is 12.2. The lowest BCUT2D eigenvalue weighted by molar-refractivity contribution is -0.136. The summed E-state index contributed by atoms with van der Waals surface area (Å²) >= 11 is 6.00. The van der Waals surface area contributed by atoms with Crippen molar-refractivity contribution in [1.82, 2.24) is 5.43 Å². The van der Waals surface area contributed by atoms with E-state index < -0.39 is 11.8 Å². The van der Waals surface area contributed by atoms with Crippen LogP contribution in [0.5, 0.6) is 11.5 Å². The van der Waals surface area contributed by atoms with Crippen molar-refractivity contribution in [2.45, 2.75) is 6.92 Å². The number of carbonyl (C=O) groups excluding carboxylic acids is 3. The number of hydrogen-bond donors (Lipinski definition) is 3. The lowest BCUT2D eigenvalue weighted by Crippen LogP contribution is -2.32. The van der Waals surface area contributed by atoms with Gasteiger partial charge in [0.15, 0.2) is 6.61 Å². The van der Waals surface area contributed by atoms with Crippen molar-refractivity contribution in [3.63, 3.8) is 0 Å². The van der Waals surface area contributed by atoms with Gasteiger partial charge < -0.3 is 20.1 Å². The summed E-state index contributed by atoms with van der Waals surface area (Å²) in [5.74, 6) is -1.20. The molecule has 0 aliphatic carbocycles. The predicted octanol–water partition coefficient (Wildman–Crippen LogP) is 3.76. The number of anilines is 2. The van der Waals surface area contributed by atoms with E-state index in [1.165, 1.54) is 19.4 Å². The molecule has 180 valence electrons. The van der Waals surface area contributed by atoms with Crippen LogP contribution in [0, 0.1) is 6.92 Å². The molecule has 35 heavy (non-hydrogen) atoms. The van der Waals surface area contributed by atoms with Crippen LogP contribution in [0.25, 0.3) is 0 Å². The van der Waals surface area contributed by atoms with Crippen LogP contribution >= 0.6 is 11.6 Å². The van der Waals surface area contributed by atoms with E-state index in [4.69, 9.17) is 21.1 Å². The molecule has 0 fully saturated rings. The lowest BCUT2D eigenvalue weighted by Gasteiger charge is -2.08. The van der Waals surface area contributed by atoms with Crippen LogP contribution in [-0.2, 0) is 14.4 Å². The van der Waals surface area contributed by atoms with Gasteiger partial charge in [-0.15, -0.1) is 0 Å². The first-order valence-corrected chi connectivity index (χ1v) is 10.8. The number of halogens is 1. The molecule has 10 heteroatoms. The fraction of sp³-hybridized carbons (Fsp3) is 0.120. The maximum absolute atomic E-state index is 12.0. The molecule has 0 saturated heterocycles. The Balaban J connectivity index is 1.43. The van der Waals surface area contributed by atoms with Crippen molar-refractivity contribution >= 4 is 46.9 Å². The van der Waals surface area contributed by atoms with E-state index in [-0.39, 0.29) is 12.5 Å². The highest BCUT2D eigenvalue weighted by molar-refractivity contribution is 6.40. The first-order chi connectivity index (χ1) is 16.8. The number of nitrogens with zero attached hydrogens (tertiary/aromatic N) is 1. The van der Waals surface area contributed by atoms with Gasteiger partial charge >= 0.3 is 11.8 Å². The number of amides is 3. The fourth-order valence-corrected chi connectivity index (χ4v) is 3.04. The van der Waals surface area contributed by atoms with Crippen LogP contribution < -0.4 is 25.5 Å². The van der Waals surface area contributed by atoms with Gasteiger partial charge in [0.25, 0.3) is 5.91 Å². The zero-order valence-electron chi connectivity index (χ0n) is 19.0. The van der Waals surface area contributed by atoms with Gasteiger partial charge in [0, 0.05) is 11.4 Å². The minimum absolute atomic E-state index is 0.147. The minimum atomic E-state index is -0.951. The summed E-state index contributed by atoms with van der Waals surface area (Å²) in [5, 5.41) is 9.23. The lowest BCUT2D eigenvalue weighted by atomic mass is 10.2. The Morgan fingerprint density at radius 3 is 2.26 bits per heavy atom. The zero-order valence-corrected chi connectivity index (χ0v) is 19.8. The average Bonchev–Trinajstić information content (AvgIpc) is 2.85. The molecule has 3 rings (SSSR count). The van der Waals surface area contributed by atoms with Gasteiger partial charge in [-0.25, -0.2) is 5.43 Å². The van der Waals surface area contributed by atoms with Gasteiger partial charge in [0.2, 0.25) is 0 Å². The van der Waals surface area contributed by atoms with Gasteiger partial charge in [-0.3, -0.25) is 14.4 Å². The normalized spacial score (nSPS) is 10.5. The monoisotopic (exact) mass is 494 g/mol. The molecule has 3 aromatic carbocycles. The molecular weight excluding hydrogens is 472 g/mol. The van der Waals surface area contributed by atoms with Crippen LogP contribution in [0.2, 0.25) is 5.02 Å². The number of carbonyl (C=O) groups is 3. The third-order valence-corrected chi connectivity index (χ3v) is 4.88. The average molecular weight is 495 g/mol. The highest BCUT2D eigenvalue weighted by Crippen LogP contribution is 2.27. The summed E-state index contributed by atoms with van der Waals surface area (Å²) < 4.78 is 10.5. The number of aryl methyl sites for hydroxylation is 1. The van der Waals surface area contributed by atoms with Crippen molar-refractivity contribution in [3.8, 4) is 11.5 Å². The standard InChI is InChI=1S/C25H23ClN4O5/c1-16-3-7-18(8-4-16)28-23(31)15-35-20-10-5-17(6-11-20)14-27-30-25(33)24(32)29-19-9-12-22(34-2)21(26)13-19/h3-14H,15H2,1-2H3,(H,28,31)(H,29,32)(H,30,33)/b27-14-. The third kappa shape index (κ3) is 7.86. The summed E-state index contributed by atoms with van der Waals surface area (Å²) in [5.41, 5.74) is 4.92. The van der Waals surface area contributed by atoms with E-state index in [1.807, 2.05) is 31.2 Å². The Labute approximate surface area is 207 Å². The maximum Gasteiger partial charge on any atom is 0.329 e. The minimum Gasteiger partial charge on any atom is -0.495 e. The number of benzene rings is 3. The van der Waals surface area contributed by atoms with Crippen LogP contribution in [0.1, 0.15) is 11.1 Å². The topological polar surface area (TPSA) is 118 Å². The Kier molecular flexibility index (Phi) is 8.80. The van der Waals surface area contributed by atoms with E-state index in [1.54, 1.807) is 36.4 Å². The highest BCUT2D eigenvalue weighted by atomic mass is 35.5. The van der Waals surface area contributed by atoms with Gasteiger partial charge in [-0.05, 0) is 67.1 Å². The van der Waals surface area contributed by atoms with Crippen molar-refractivity contribution in [1.29, 1.82) is 0 Å². The zero-order chi connectivity index (χ0) is 25.2. The highest BCUT2D eigenvalue weighted by Gasteiger charge is 2.13. The van der Waals surface area contributed by atoms with Crippen molar-refractivity contribution in [2.24, 2.45) is 5.10 Å². The summed E-state index contributed by atoms with van der Waals surface area (Å²) in [6.45, 7) is 1.82. The number of hydrogen-bond acceptors (Lipinski definition) is 6. The SMILES string of the molecule is COc1ccc(NC(=O)C(=O)N/N=C\c2ccc(OCC(=O)Nc3ccc(C)cc3)cc2)cc1Cl. The molecular formula is C25H23ClN4O5. The number of nitrogens with one attached hydrogen (secondary N) is 3. The Morgan fingerprint density at radius 1 is 0.914 bits per heavy atom. The molecule has 0 aliphatic rings. The number of hydrazone groups is 1. The van der Waals surface area contributed by atoms with E-state index in [0.29, 0.717) is 33.5 Å². The Hall–Kier alpha value is -4.37. The van der Waals surface area contributed by atoms with Gasteiger partial charge in [0.05, 0.1) is 18.3 Å². The quantitative estimate of drug-likeness (QED) is 0.250. The molecule has 0 aliphatic heterocycles. The predicted molar refractivity (Wildman–Crippen MR) is 134 cm³/mol. The molecule has 3 aromatic rings. The van der Waals surface area contributed by atoms with Gasteiger partial charge in [-0.2, -0.15) is 5.10 Å². The number of methoxy groups -OCH3 is 1. The summed E-state index contributed by atoms with van der Waals surface area (Å²) in [6, 6.07) is 18.7. The molecule has 0 atom stereocenters. The van der Waals surface area contributed by atoms with Crippen molar-refractivity contribution < 1.29 is 23.9 Å². The molecule has 0 radical (unpaired) electrons. The summed E-state index contributed by atoms with van der Waals surface area (Å²) in [4.78, 5) is 36.0. The van der Waals surface area contributed by atoms with Crippen LogP contribution in [0.4, 0.5) is 11.4 Å². The third-order valence-electron chi connectivity index (χ3n) is 4.58. The molecule has 3 amide bonds. The van der Waals surface area contributed by atoms with Crippen LogP contribution in [0.3, 0.4) is 0 Å². The van der Waals surface area contributed by atoms with E-state index in [2.05, 4.69) is 21.2 Å². The van der Waals surface area contributed by atoms with Crippen molar-refractivity contribution in [3.05, 3.63) is 82.9 Å². The number of rotatable bonds is 8. The second-order valence-electron chi connectivity index (χ2n) is 7.27. The van der Waals surface area contributed by atoms with Gasteiger partial charge in [0.1, 0.15) is 11.5 Å². The largest absolute Gasteiger partial charge is 0.495 e. The van der Waals surface area contributed by atoms with E-state index >= 15 is 0 Å². The molecule has 0 saturated carbocycles. The van der Waals surface area contributed by atoms with Gasteiger partial charge in [-0.1, -0.05) is 29.3 Å². The van der Waals surface area contributed by atoms with Crippen LogP contribution in [-0.4, -0.2) is 37.7 Å². The maximum atomic E-state index is 12.0. The molecule has 9 nitrogen and oxygen atoms in total. The Bertz CT molecular complexity index is 1230. The van der Waals surface area contributed by atoms with E-state index in [9.17, 15) is 14.4 Å². The molecule has 0 heterocycles. The first-order valence-electron chi connectivity index (χ1n) is 10.4. The fourth-order valence-electron chi connectivity index (χ4n) is 2.78. The molecule has 0 aromatic heterocycles. The molecule has 0 spiro atoms. The summed E-state index contributed by atoms with van der Waals surface area (Å²) in [7, 11) is 1.47. The number of ether oxygens (including phenoxy) is 2. The van der Waals surface area contributed by atoms with Crippen molar-refractivity contribution in [2.75, 3.05) is 24.4 Å². The Morgan fingerprint density at radius 2 is 1.60 bits per heavy atom. The molecule has 0 bridgehead atoms. The summed E-state index contributed by atoms with van der Waals surface area (Å²) in [6.07, 6.45) is 1.36. The van der Waals surface area contributed by atoms with Crippen LogP contribution in [0.15, 0.2) is 71.8 Å². The molecule has 3 N–H and O–H groups in total. The van der Waals surface area contributed by atoms with E-state index in [0.717, 1.165) is 5.56 Å². The second-order valence-corrected chi connectivity index (χ2v) is 7.68. The molecule has 0 unspecified atom stereocenters.